The Kier molecular flexibility index (Phi) is 8.61. The minimum Gasteiger partial charge on any atom is -0.472 e. The van der Waals surface area contributed by atoms with Crippen LogP contribution in [0.25, 0.3) is 0 Å². The zero-order valence-electron chi connectivity index (χ0n) is 21.6. The normalized spacial score (nSPS) is 38.1. The molecule has 1 aromatic rings. The quantitative estimate of drug-likeness (QED) is 0.469. The molecule has 3 heterocycles. The second kappa shape index (κ2) is 10.6. The second-order valence-corrected chi connectivity index (χ2v) is 14.1. The first kappa shape index (κ1) is 30.1. The highest BCUT2D eigenvalue weighted by atomic mass is 32.2. The molecule has 37 heavy (non-hydrogen) atoms. The van der Waals surface area contributed by atoms with E-state index in [1.54, 1.807) is 13.0 Å². The number of hydrogen-bond donors (Lipinski definition) is 3. The van der Waals surface area contributed by atoms with Crippen molar-refractivity contribution in [2.75, 3.05) is 13.1 Å². The number of thioether (sulfide) groups is 1. The molecule has 4 rings (SSSR count). The summed E-state index contributed by atoms with van der Waals surface area (Å²) in [5.41, 5.74) is 11.5. The Bertz CT molecular complexity index is 1030. The maximum atomic E-state index is 15.3. The van der Waals surface area contributed by atoms with E-state index in [4.69, 9.17) is 20.9 Å². The van der Waals surface area contributed by atoms with Crippen molar-refractivity contribution in [1.82, 2.24) is 10.2 Å². The van der Waals surface area contributed by atoms with Gasteiger partial charge in [0.2, 0.25) is 5.91 Å². The minimum atomic E-state index is -1.64. The third kappa shape index (κ3) is 5.92. The molecule has 11 heteroatoms. The van der Waals surface area contributed by atoms with E-state index in [2.05, 4.69) is 14.6 Å². The highest BCUT2D eigenvalue weighted by Crippen LogP contribution is 2.52. The van der Waals surface area contributed by atoms with Crippen LogP contribution in [0.2, 0.25) is 0 Å². The van der Waals surface area contributed by atoms with Gasteiger partial charge in [0.05, 0.1) is 22.1 Å². The molecule has 3 fully saturated rings. The molecule has 1 aromatic heterocycles. The summed E-state index contributed by atoms with van der Waals surface area (Å²) in [4.78, 5) is 32.4. The van der Waals surface area contributed by atoms with Gasteiger partial charge in [-0.2, -0.15) is 0 Å². The molecule has 3 aliphatic rings. The molecule has 6 atom stereocenters. The molecule has 0 aromatic carbocycles. The van der Waals surface area contributed by atoms with Crippen molar-refractivity contribution in [3.8, 4) is 0 Å². The van der Waals surface area contributed by atoms with Crippen molar-refractivity contribution < 1.29 is 18.4 Å². The summed E-state index contributed by atoms with van der Waals surface area (Å²) in [5.74, 6) is 0.0543. The van der Waals surface area contributed by atoms with Crippen molar-refractivity contribution in [1.29, 1.82) is 0 Å². The van der Waals surface area contributed by atoms with Gasteiger partial charge >= 0.3 is 0 Å². The molecule has 0 bridgehead atoms. The molecule has 8 nitrogen and oxygen atoms in total. The van der Waals surface area contributed by atoms with E-state index in [0.717, 1.165) is 12.8 Å². The van der Waals surface area contributed by atoms with Crippen molar-refractivity contribution in [3.05, 3.63) is 24.2 Å². The monoisotopic (exact) mass is 555 g/mol. The maximum absolute atomic E-state index is 15.3. The fourth-order valence-electron chi connectivity index (χ4n) is 5.88. The summed E-state index contributed by atoms with van der Waals surface area (Å²) < 4.78 is 19.7. The molecule has 1 aliphatic carbocycles. The summed E-state index contributed by atoms with van der Waals surface area (Å²) in [6.07, 6.45) is 5.65. The van der Waals surface area contributed by atoms with Crippen LogP contribution in [0.4, 0.5) is 4.39 Å². The number of nitrogens with zero attached hydrogens (tertiary/aromatic N) is 2. The van der Waals surface area contributed by atoms with E-state index in [-0.39, 0.29) is 43.9 Å². The summed E-state index contributed by atoms with van der Waals surface area (Å²) in [7, 11) is 2.28. The predicted molar refractivity (Wildman–Crippen MR) is 151 cm³/mol. The number of amides is 2. The minimum absolute atomic E-state index is 0. The van der Waals surface area contributed by atoms with Gasteiger partial charge in [-0.15, -0.1) is 0 Å². The summed E-state index contributed by atoms with van der Waals surface area (Å²) in [6.45, 7) is 8.93. The van der Waals surface area contributed by atoms with Gasteiger partial charge in [-0.1, -0.05) is 42.3 Å². The lowest BCUT2D eigenvalue weighted by molar-refractivity contribution is -0.121. The number of aliphatic imine (C=N–C) groups is 1. The number of halogens is 1. The van der Waals surface area contributed by atoms with Crippen molar-refractivity contribution >= 4 is 38.0 Å². The molecule has 2 amide bonds. The van der Waals surface area contributed by atoms with E-state index in [9.17, 15) is 9.59 Å². The first-order valence-corrected chi connectivity index (χ1v) is 14.0. The molecule has 6 unspecified atom stereocenters. The van der Waals surface area contributed by atoms with E-state index in [0.29, 0.717) is 36.2 Å². The van der Waals surface area contributed by atoms with Gasteiger partial charge in [-0.3, -0.25) is 9.59 Å². The third-order valence-corrected chi connectivity index (χ3v) is 10.3. The molecule has 2 aliphatic heterocycles. The molecule has 208 valence electrons. The van der Waals surface area contributed by atoms with Gasteiger partial charge in [0.1, 0.15) is 17.3 Å². The number of nitrogens with one attached hydrogen (secondary N) is 1. The number of hydrogen-bond acceptors (Lipinski definition) is 7. The standard InChI is InChI=1S/C25H39FN5O3PS.CH4/c1-15(2)18-12-25(26,35)23(4,27)14-24(18,28)30-21-29-20(33)22(3,36-21)11-16-5-8-31(9-6-16)19(32)17-7-10-34-13-17;/h7,10,13,15-16,18H,5-6,8-9,11-12,14,27-28,35H2,1-4H3,(H,29,30,33);1H4. The van der Waals surface area contributed by atoms with Crippen LogP contribution in [-0.2, 0) is 4.79 Å². The van der Waals surface area contributed by atoms with Crippen LogP contribution in [0.1, 0.15) is 77.6 Å². The predicted octanol–water partition coefficient (Wildman–Crippen LogP) is 4.12. The lowest BCUT2D eigenvalue weighted by atomic mass is 9.66. The van der Waals surface area contributed by atoms with Gasteiger partial charge in [0.25, 0.3) is 5.91 Å². The Labute approximate surface area is 226 Å². The number of amidine groups is 1. The van der Waals surface area contributed by atoms with Crippen molar-refractivity contribution in [3.63, 3.8) is 0 Å². The fourth-order valence-corrected chi connectivity index (χ4v) is 7.48. The highest BCUT2D eigenvalue weighted by molar-refractivity contribution is 8.16. The Balaban J connectivity index is 0.00000380. The average molecular weight is 556 g/mol. The van der Waals surface area contributed by atoms with Crippen LogP contribution in [0.5, 0.6) is 0 Å². The SMILES string of the molecule is C.CC(C)C1CC(F)(P)C(C)(N)CC1(N)/N=C1/NC(=O)C(C)(CC2CCN(C(=O)c3ccoc3)CC2)S1. The number of furan rings is 1. The summed E-state index contributed by atoms with van der Waals surface area (Å²) >= 11 is 1.40. The molecule has 5 N–H and O–H groups in total. The molecular weight excluding hydrogens is 512 g/mol. The van der Waals surface area contributed by atoms with Gasteiger partial charge in [0, 0.05) is 25.4 Å². The Morgan fingerprint density at radius 3 is 2.57 bits per heavy atom. The van der Waals surface area contributed by atoms with Crippen LogP contribution in [-0.4, -0.2) is 56.3 Å². The van der Waals surface area contributed by atoms with Gasteiger partial charge in [-0.25, -0.2) is 9.38 Å². The van der Waals surface area contributed by atoms with E-state index < -0.39 is 21.4 Å². The lowest BCUT2D eigenvalue weighted by Crippen LogP contribution is -2.67. The maximum Gasteiger partial charge on any atom is 0.257 e. The van der Waals surface area contributed by atoms with Crippen molar-refractivity contribution in [2.45, 2.75) is 88.6 Å². The van der Waals surface area contributed by atoms with Crippen LogP contribution >= 0.6 is 21.0 Å². The number of likely N-dealkylation sites (tertiary alicyclic amines) is 1. The van der Waals surface area contributed by atoms with Crippen LogP contribution in [0.15, 0.2) is 28.0 Å². The number of carbonyl (C=O) groups excluding carboxylic acids is 2. The summed E-state index contributed by atoms with van der Waals surface area (Å²) in [5, 5.41) is 1.78. The smallest absolute Gasteiger partial charge is 0.257 e. The first-order valence-electron chi connectivity index (χ1n) is 12.6. The van der Waals surface area contributed by atoms with Gasteiger partial charge < -0.3 is 26.1 Å². The molecule has 0 radical (unpaired) electrons. The highest BCUT2D eigenvalue weighted by Gasteiger charge is 2.58. The molecule has 1 saturated carbocycles. The van der Waals surface area contributed by atoms with Crippen LogP contribution in [0, 0.1) is 17.8 Å². The Morgan fingerprint density at radius 1 is 1.35 bits per heavy atom. The van der Waals surface area contributed by atoms with E-state index in [1.807, 2.05) is 25.7 Å². The molecule has 0 spiro atoms. The number of alkyl halides is 1. The van der Waals surface area contributed by atoms with E-state index in [1.165, 1.54) is 24.3 Å². The van der Waals surface area contributed by atoms with Crippen LogP contribution in [0.3, 0.4) is 0 Å². The fraction of sp³-hybridized carbons (Fsp3) is 0.731. The Hall–Kier alpha value is -1.48. The number of piperidine rings is 1. The molecular formula is C26H43FN5O3PS. The average Bonchev–Trinajstić information content (AvgIpc) is 3.39. The van der Waals surface area contributed by atoms with Gasteiger partial charge in [-0.05, 0) is 57.4 Å². The topological polar surface area (TPSA) is 127 Å². The van der Waals surface area contributed by atoms with Crippen LogP contribution < -0.4 is 16.8 Å². The molecule has 2 saturated heterocycles. The van der Waals surface area contributed by atoms with Gasteiger partial charge in [0.15, 0.2) is 5.17 Å². The Morgan fingerprint density at radius 2 is 2.00 bits per heavy atom. The van der Waals surface area contributed by atoms with Crippen molar-refractivity contribution in [2.24, 2.45) is 34.2 Å². The first-order chi connectivity index (χ1) is 16.7. The number of rotatable bonds is 5. The largest absolute Gasteiger partial charge is 0.472 e. The lowest BCUT2D eigenvalue weighted by Gasteiger charge is -2.53. The number of carbonyl (C=O) groups is 2. The zero-order chi connectivity index (χ0) is 26.5. The number of nitrogens with two attached hydrogens (primary N) is 2. The zero-order valence-corrected chi connectivity index (χ0v) is 23.5. The summed E-state index contributed by atoms with van der Waals surface area (Å²) in [6, 6.07) is 1.68. The second-order valence-electron chi connectivity index (χ2n) is 11.7. The van der Waals surface area contributed by atoms with E-state index >= 15 is 4.39 Å². The third-order valence-electron chi connectivity index (χ3n) is 8.24.